The van der Waals surface area contributed by atoms with Crippen LogP contribution in [0.4, 0.5) is 0 Å². The first-order chi connectivity index (χ1) is 11.9. The van der Waals surface area contributed by atoms with Crippen LogP contribution in [-0.4, -0.2) is 44.3 Å². The summed E-state index contributed by atoms with van der Waals surface area (Å²) in [5.41, 5.74) is 2.15. The molecule has 2 aromatic carbocycles. The van der Waals surface area contributed by atoms with Gasteiger partial charge in [0.25, 0.3) is 10.2 Å². The van der Waals surface area contributed by atoms with Crippen molar-refractivity contribution in [2.45, 2.75) is 19.9 Å². The highest BCUT2D eigenvalue weighted by molar-refractivity contribution is 7.86. The summed E-state index contributed by atoms with van der Waals surface area (Å²) in [5, 5.41) is 0. The summed E-state index contributed by atoms with van der Waals surface area (Å²) >= 11 is 0. The summed E-state index contributed by atoms with van der Waals surface area (Å²) in [5.74, 6) is 0.766. The van der Waals surface area contributed by atoms with Crippen molar-refractivity contribution in [3.63, 3.8) is 0 Å². The van der Waals surface area contributed by atoms with Crippen molar-refractivity contribution in [2.75, 3.05) is 27.2 Å². The van der Waals surface area contributed by atoms with Crippen LogP contribution in [0.3, 0.4) is 0 Å². The van der Waals surface area contributed by atoms with E-state index in [2.05, 4.69) is 6.92 Å². The molecule has 0 heterocycles. The molecule has 5 nitrogen and oxygen atoms in total. The number of benzene rings is 2. The molecule has 0 atom stereocenters. The third-order valence-corrected chi connectivity index (χ3v) is 5.90. The molecule has 25 heavy (non-hydrogen) atoms. The Labute approximate surface area is 151 Å². The Hall–Kier alpha value is -1.89. The zero-order valence-corrected chi connectivity index (χ0v) is 15.9. The first-order valence-corrected chi connectivity index (χ1v) is 9.76. The molecule has 136 valence electrons. The van der Waals surface area contributed by atoms with Crippen molar-refractivity contribution < 1.29 is 13.2 Å². The zero-order valence-electron chi connectivity index (χ0n) is 15.1. The van der Waals surface area contributed by atoms with E-state index in [1.54, 1.807) is 14.1 Å². The molecule has 0 radical (unpaired) electrons. The maximum Gasteiger partial charge on any atom is 0.281 e. The van der Waals surface area contributed by atoms with Crippen molar-refractivity contribution in [1.29, 1.82) is 0 Å². The number of likely N-dealkylation sites (N-methyl/N-ethyl adjacent to an activating group) is 1. The van der Waals surface area contributed by atoms with Crippen molar-refractivity contribution in [1.82, 2.24) is 8.61 Å². The molecule has 0 aromatic heterocycles. The van der Waals surface area contributed by atoms with Crippen LogP contribution in [0, 0.1) is 0 Å². The van der Waals surface area contributed by atoms with Gasteiger partial charge in [-0.3, -0.25) is 0 Å². The van der Waals surface area contributed by atoms with E-state index in [0.29, 0.717) is 13.2 Å². The quantitative estimate of drug-likeness (QED) is 0.689. The molecule has 6 heteroatoms. The second-order valence-electron chi connectivity index (χ2n) is 5.92. The minimum absolute atomic E-state index is 0.289. The Bertz CT molecular complexity index is 763. The molecule has 0 spiro atoms. The van der Waals surface area contributed by atoms with Crippen molar-refractivity contribution in [3.8, 4) is 5.75 Å². The predicted octanol–water partition coefficient (Wildman–Crippen LogP) is 2.94. The van der Waals surface area contributed by atoms with Gasteiger partial charge in [-0.1, -0.05) is 49.4 Å². The smallest absolute Gasteiger partial charge is 0.281 e. The Kier molecular flexibility index (Phi) is 6.99. The topological polar surface area (TPSA) is 49.9 Å². The van der Waals surface area contributed by atoms with Gasteiger partial charge in [0.05, 0.1) is 0 Å². The Morgan fingerprint density at radius 1 is 0.920 bits per heavy atom. The highest BCUT2D eigenvalue weighted by Crippen LogP contribution is 2.14. The van der Waals surface area contributed by atoms with Gasteiger partial charge in [-0.2, -0.15) is 17.0 Å². The van der Waals surface area contributed by atoms with E-state index in [1.165, 1.54) is 14.2 Å². The Morgan fingerprint density at radius 3 is 2.28 bits per heavy atom. The molecule has 0 unspecified atom stereocenters. The van der Waals surface area contributed by atoms with Gasteiger partial charge in [0.1, 0.15) is 12.4 Å². The molecule has 2 rings (SSSR count). The van der Waals surface area contributed by atoms with Gasteiger partial charge in [-0.05, 0) is 29.7 Å². The zero-order chi connectivity index (χ0) is 18.3. The fraction of sp³-hybridized carbons (Fsp3) is 0.368. The maximum atomic E-state index is 12.6. The number of hydrogen-bond acceptors (Lipinski definition) is 3. The van der Waals surface area contributed by atoms with Crippen LogP contribution >= 0.6 is 0 Å². The Balaban J connectivity index is 1.88. The predicted molar refractivity (Wildman–Crippen MR) is 101 cm³/mol. The van der Waals surface area contributed by atoms with E-state index in [9.17, 15) is 8.42 Å². The molecular weight excluding hydrogens is 336 g/mol. The largest absolute Gasteiger partial charge is 0.492 e. The molecule has 0 fully saturated rings. The highest BCUT2D eigenvalue weighted by atomic mass is 32.2. The van der Waals surface area contributed by atoms with Gasteiger partial charge in [0, 0.05) is 27.2 Å². The summed E-state index contributed by atoms with van der Waals surface area (Å²) in [6.45, 7) is 3.02. The summed E-state index contributed by atoms with van der Waals surface area (Å²) in [4.78, 5) is 0. The van der Waals surface area contributed by atoms with E-state index >= 15 is 0 Å². The van der Waals surface area contributed by atoms with Crippen LogP contribution < -0.4 is 4.74 Å². The first kappa shape index (κ1) is 19.4. The molecule has 2 aromatic rings. The lowest BCUT2D eigenvalue weighted by atomic mass is 10.2. The summed E-state index contributed by atoms with van der Waals surface area (Å²) in [6.07, 6.45) is 0.940. The van der Waals surface area contributed by atoms with Crippen LogP contribution in [0.5, 0.6) is 5.75 Å². The normalized spacial score (nSPS) is 11.9. The molecule has 0 amide bonds. The molecule has 0 aliphatic heterocycles. The third kappa shape index (κ3) is 5.56. The number of nitrogens with zero attached hydrogens (tertiary/aromatic N) is 2. The minimum Gasteiger partial charge on any atom is -0.492 e. The molecular formula is C19H26N2O3S. The van der Waals surface area contributed by atoms with Crippen LogP contribution in [0.1, 0.15) is 18.1 Å². The molecule has 0 saturated heterocycles. The van der Waals surface area contributed by atoms with Gasteiger partial charge >= 0.3 is 0 Å². The summed E-state index contributed by atoms with van der Waals surface area (Å²) < 4.78 is 33.5. The lowest BCUT2D eigenvalue weighted by molar-refractivity contribution is 0.278. The second kappa shape index (κ2) is 8.99. The fourth-order valence-electron chi connectivity index (χ4n) is 2.42. The average Bonchev–Trinajstić information content (AvgIpc) is 2.62. The summed E-state index contributed by atoms with van der Waals surface area (Å²) in [6, 6.07) is 17.4. The van der Waals surface area contributed by atoms with E-state index in [4.69, 9.17) is 4.74 Å². The number of rotatable bonds is 9. The SMILES string of the molecule is CCc1cccc(OCCN(C)S(=O)(=O)N(C)Cc2ccccc2)c1. The van der Waals surface area contributed by atoms with E-state index in [0.717, 1.165) is 17.7 Å². The van der Waals surface area contributed by atoms with E-state index in [-0.39, 0.29) is 6.54 Å². The van der Waals surface area contributed by atoms with Gasteiger partial charge in [0.2, 0.25) is 0 Å². The lowest BCUT2D eigenvalue weighted by Crippen LogP contribution is -2.41. The van der Waals surface area contributed by atoms with E-state index < -0.39 is 10.2 Å². The van der Waals surface area contributed by atoms with Gasteiger partial charge in [0.15, 0.2) is 0 Å². The van der Waals surface area contributed by atoms with E-state index in [1.807, 2.05) is 54.6 Å². The molecule has 0 aliphatic carbocycles. The van der Waals surface area contributed by atoms with Crippen LogP contribution in [-0.2, 0) is 23.2 Å². The minimum atomic E-state index is -3.52. The molecule has 0 N–H and O–H groups in total. The number of ether oxygens (including phenoxy) is 1. The number of hydrogen-bond donors (Lipinski definition) is 0. The van der Waals surface area contributed by atoms with Crippen LogP contribution in [0.2, 0.25) is 0 Å². The first-order valence-electron chi connectivity index (χ1n) is 8.36. The molecule has 0 aliphatic rings. The third-order valence-electron chi connectivity index (χ3n) is 4.02. The Morgan fingerprint density at radius 2 is 1.60 bits per heavy atom. The highest BCUT2D eigenvalue weighted by Gasteiger charge is 2.23. The molecule has 0 bridgehead atoms. The fourth-order valence-corrected chi connectivity index (χ4v) is 3.52. The van der Waals surface area contributed by atoms with Gasteiger partial charge in [-0.15, -0.1) is 0 Å². The van der Waals surface area contributed by atoms with Crippen molar-refractivity contribution in [2.24, 2.45) is 0 Å². The van der Waals surface area contributed by atoms with Gasteiger partial charge in [-0.25, -0.2) is 0 Å². The maximum absolute atomic E-state index is 12.6. The van der Waals surface area contributed by atoms with Crippen LogP contribution in [0.15, 0.2) is 54.6 Å². The summed E-state index contributed by atoms with van der Waals surface area (Å²) in [7, 11) is -0.358. The van der Waals surface area contributed by atoms with Crippen LogP contribution in [0.25, 0.3) is 0 Å². The van der Waals surface area contributed by atoms with Crippen molar-refractivity contribution in [3.05, 3.63) is 65.7 Å². The standard InChI is InChI=1S/C19H26N2O3S/c1-4-17-11-8-12-19(15-17)24-14-13-20(2)25(22,23)21(3)16-18-9-6-5-7-10-18/h5-12,15H,4,13-14,16H2,1-3H3. The second-order valence-corrected chi connectivity index (χ2v) is 8.06. The van der Waals surface area contributed by atoms with Crippen molar-refractivity contribution >= 4 is 10.2 Å². The lowest BCUT2D eigenvalue weighted by Gasteiger charge is -2.24. The molecule has 0 saturated carbocycles. The van der Waals surface area contributed by atoms with Gasteiger partial charge < -0.3 is 4.74 Å². The average molecular weight is 362 g/mol. The monoisotopic (exact) mass is 362 g/mol. The number of aryl methyl sites for hydroxylation is 1.